The summed E-state index contributed by atoms with van der Waals surface area (Å²) >= 11 is 12.2. The molecule has 2 rings (SSSR count). The fourth-order valence-corrected chi connectivity index (χ4v) is 2.66. The summed E-state index contributed by atoms with van der Waals surface area (Å²) in [5, 5.41) is 0.786. The van der Waals surface area contributed by atoms with E-state index >= 15 is 0 Å². The quantitative estimate of drug-likeness (QED) is 0.705. The molecule has 0 atom stereocenters. The predicted octanol–water partition coefficient (Wildman–Crippen LogP) is 4.46. The van der Waals surface area contributed by atoms with Gasteiger partial charge in [-0.1, -0.05) is 24.6 Å². The molecule has 88 valence electrons. The van der Waals surface area contributed by atoms with Crippen molar-refractivity contribution in [3.63, 3.8) is 0 Å². The first-order valence-electron chi connectivity index (χ1n) is 5.88. The van der Waals surface area contributed by atoms with Crippen LogP contribution in [0.5, 0.6) is 0 Å². The van der Waals surface area contributed by atoms with Crippen LogP contribution in [0, 0.1) is 0 Å². The lowest BCUT2D eigenvalue weighted by Crippen LogP contribution is -2.27. The minimum absolute atomic E-state index is 0.488. The Labute approximate surface area is 107 Å². The SMILES string of the molecule is CCCN(c1cccc(Cl)c1CCl)C1CC1. The molecule has 16 heavy (non-hydrogen) atoms. The number of nitrogens with zero attached hydrogens (tertiary/aromatic N) is 1. The molecule has 1 saturated carbocycles. The van der Waals surface area contributed by atoms with E-state index in [9.17, 15) is 0 Å². The lowest BCUT2D eigenvalue weighted by atomic mass is 10.1. The summed E-state index contributed by atoms with van der Waals surface area (Å²) < 4.78 is 0. The second-order valence-electron chi connectivity index (χ2n) is 4.30. The minimum atomic E-state index is 0.488. The molecule has 1 aliphatic carbocycles. The molecule has 0 heterocycles. The molecule has 0 amide bonds. The molecule has 0 bridgehead atoms. The van der Waals surface area contributed by atoms with E-state index in [1.807, 2.05) is 12.1 Å². The second-order valence-corrected chi connectivity index (χ2v) is 4.97. The zero-order valence-corrected chi connectivity index (χ0v) is 11.1. The third-order valence-corrected chi connectivity index (χ3v) is 3.61. The molecule has 0 aliphatic heterocycles. The molecule has 0 aromatic heterocycles. The summed E-state index contributed by atoms with van der Waals surface area (Å²) in [6.45, 7) is 3.30. The van der Waals surface area contributed by atoms with E-state index in [2.05, 4.69) is 17.9 Å². The van der Waals surface area contributed by atoms with Crippen molar-refractivity contribution in [2.24, 2.45) is 0 Å². The highest BCUT2D eigenvalue weighted by Crippen LogP contribution is 2.36. The summed E-state index contributed by atoms with van der Waals surface area (Å²) in [6, 6.07) is 6.77. The predicted molar refractivity (Wildman–Crippen MR) is 71.7 cm³/mol. The van der Waals surface area contributed by atoms with Crippen LogP contribution in [0.1, 0.15) is 31.7 Å². The summed E-state index contributed by atoms with van der Waals surface area (Å²) in [5.74, 6) is 0.488. The zero-order chi connectivity index (χ0) is 11.5. The molecule has 3 heteroatoms. The smallest absolute Gasteiger partial charge is 0.0509 e. The van der Waals surface area contributed by atoms with Gasteiger partial charge in [0, 0.05) is 28.9 Å². The standard InChI is InChI=1S/C13H17Cl2N/c1-2-8-16(10-6-7-10)13-5-3-4-12(15)11(13)9-14/h3-5,10H,2,6-9H2,1H3. The maximum absolute atomic E-state index is 6.19. The van der Waals surface area contributed by atoms with Gasteiger partial charge in [0.15, 0.2) is 0 Å². The number of hydrogen-bond donors (Lipinski definition) is 0. The van der Waals surface area contributed by atoms with Crippen molar-refractivity contribution >= 4 is 28.9 Å². The maximum Gasteiger partial charge on any atom is 0.0509 e. The van der Waals surface area contributed by atoms with Crippen LogP contribution < -0.4 is 4.90 Å². The fraction of sp³-hybridized carbons (Fsp3) is 0.538. The monoisotopic (exact) mass is 257 g/mol. The van der Waals surface area contributed by atoms with E-state index in [-0.39, 0.29) is 0 Å². The third kappa shape index (κ3) is 2.46. The molecule has 1 fully saturated rings. The molecule has 0 unspecified atom stereocenters. The Morgan fingerprint density at radius 2 is 2.12 bits per heavy atom. The van der Waals surface area contributed by atoms with E-state index in [1.165, 1.54) is 18.5 Å². The number of rotatable bonds is 5. The van der Waals surface area contributed by atoms with E-state index in [0.717, 1.165) is 23.6 Å². The minimum Gasteiger partial charge on any atom is -0.368 e. The Balaban J connectivity index is 2.32. The third-order valence-electron chi connectivity index (χ3n) is 2.99. The number of benzene rings is 1. The van der Waals surface area contributed by atoms with Gasteiger partial charge in [0.25, 0.3) is 0 Å². The van der Waals surface area contributed by atoms with Crippen molar-refractivity contribution in [2.75, 3.05) is 11.4 Å². The summed E-state index contributed by atoms with van der Waals surface area (Å²) in [6.07, 6.45) is 3.76. The number of hydrogen-bond acceptors (Lipinski definition) is 1. The average molecular weight is 258 g/mol. The first-order valence-corrected chi connectivity index (χ1v) is 6.79. The van der Waals surface area contributed by atoms with Gasteiger partial charge in [-0.15, -0.1) is 11.6 Å². The van der Waals surface area contributed by atoms with Crippen LogP contribution in [0.2, 0.25) is 5.02 Å². The molecular formula is C13H17Cl2N. The highest BCUT2D eigenvalue weighted by Gasteiger charge is 2.29. The molecule has 1 aliphatic rings. The molecule has 1 nitrogen and oxygen atoms in total. The van der Waals surface area contributed by atoms with E-state index in [0.29, 0.717) is 11.9 Å². The van der Waals surface area contributed by atoms with Gasteiger partial charge in [0.2, 0.25) is 0 Å². The molecule has 1 aromatic carbocycles. The van der Waals surface area contributed by atoms with Crippen molar-refractivity contribution in [3.8, 4) is 0 Å². The van der Waals surface area contributed by atoms with Crippen LogP contribution in [0.4, 0.5) is 5.69 Å². The zero-order valence-electron chi connectivity index (χ0n) is 9.55. The lowest BCUT2D eigenvalue weighted by Gasteiger charge is -2.26. The fourth-order valence-electron chi connectivity index (χ4n) is 2.08. The van der Waals surface area contributed by atoms with Gasteiger partial charge in [0.05, 0.1) is 5.88 Å². The average Bonchev–Trinajstić information content (AvgIpc) is 3.09. The summed E-state index contributed by atoms with van der Waals surface area (Å²) in [7, 11) is 0. The van der Waals surface area contributed by atoms with Gasteiger partial charge in [-0.05, 0) is 31.4 Å². The van der Waals surface area contributed by atoms with Gasteiger partial charge in [0.1, 0.15) is 0 Å². The number of alkyl halides is 1. The maximum atomic E-state index is 6.19. The Bertz CT molecular complexity index is 361. The van der Waals surface area contributed by atoms with Crippen molar-refractivity contribution in [1.82, 2.24) is 0 Å². The first-order chi connectivity index (χ1) is 7.77. The molecule has 0 saturated heterocycles. The molecular weight excluding hydrogens is 241 g/mol. The molecule has 0 spiro atoms. The van der Waals surface area contributed by atoms with Crippen molar-refractivity contribution in [1.29, 1.82) is 0 Å². The largest absolute Gasteiger partial charge is 0.368 e. The van der Waals surface area contributed by atoms with Gasteiger partial charge in [-0.3, -0.25) is 0 Å². The molecule has 1 aromatic rings. The van der Waals surface area contributed by atoms with Gasteiger partial charge >= 0.3 is 0 Å². The highest BCUT2D eigenvalue weighted by molar-refractivity contribution is 6.32. The topological polar surface area (TPSA) is 3.24 Å². The second kappa shape index (κ2) is 5.29. The summed E-state index contributed by atoms with van der Waals surface area (Å²) in [5.41, 5.74) is 2.30. The van der Waals surface area contributed by atoms with Crippen LogP contribution in [-0.2, 0) is 5.88 Å². The van der Waals surface area contributed by atoms with Crippen LogP contribution in [-0.4, -0.2) is 12.6 Å². The summed E-state index contributed by atoms with van der Waals surface area (Å²) in [4.78, 5) is 2.46. The van der Waals surface area contributed by atoms with Gasteiger partial charge < -0.3 is 4.90 Å². The number of anilines is 1. The van der Waals surface area contributed by atoms with Gasteiger partial charge in [-0.2, -0.15) is 0 Å². The van der Waals surface area contributed by atoms with E-state index in [1.54, 1.807) is 0 Å². The number of halogens is 2. The Morgan fingerprint density at radius 1 is 1.38 bits per heavy atom. The highest BCUT2D eigenvalue weighted by atomic mass is 35.5. The van der Waals surface area contributed by atoms with Crippen molar-refractivity contribution in [3.05, 3.63) is 28.8 Å². The van der Waals surface area contributed by atoms with Crippen LogP contribution in [0.25, 0.3) is 0 Å². The first kappa shape index (κ1) is 12.1. The van der Waals surface area contributed by atoms with Crippen LogP contribution in [0.3, 0.4) is 0 Å². The van der Waals surface area contributed by atoms with Gasteiger partial charge in [-0.25, -0.2) is 0 Å². The van der Waals surface area contributed by atoms with Crippen LogP contribution >= 0.6 is 23.2 Å². The Morgan fingerprint density at radius 3 is 2.69 bits per heavy atom. The Hall–Kier alpha value is -0.400. The van der Waals surface area contributed by atoms with Crippen molar-refractivity contribution < 1.29 is 0 Å². The molecule has 0 N–H and O–H groups in total. The normalized spacial score (nSPS) is 15.2. The Kier molecular flexibility index (Phi) is 3.99. The van der Waals surface area contributed by atoms with Crippen molar-refractivity contribution in [2.45, 2.75) is 38.1 Å². The molecule has 0 radical (unpaired) electrons. The van der Waals surface area contributed by atoms with E-state index < -0.39 is 0 Å². The van der Waals surface area contributed by atoms with E-state index in [4.69, 9.17) is 23.2 Å². The lowest BCUT2D eigenvalue weighted by molar-refractivity contribution is 0.760. The van der Waals surface area contributed by atoms with Crippen LogP contribution in [0.15, 0.2) is 18.2 Å².